The van der Waals surface area contributed by atoms with Gasteiger partial charge in [-0.3, -0.25) is 4.99 Å². The number of aliphatic imine (C=N–C) groups is 1. The first-order valence-corrected chi connectivity index (χ1v) is 6.98. The van der Waals surface area contributed by atoms with E-state index in [0.717, 1.165) is 11.8 Å². The molecular formula is C13H25NS. The zero-order chi connectivity index (χ0) is 11.8. The van der Waals surface area contributed by atoms with Crippen LogP contribution in [0.25, 0.3) is 0 Å². The Kier molecular flexibility index (Phi) is 7.85. The summed E-state index contributed by atoms with van der Waals surface area (Å²) in [6.45, 7) is 11.2. The van der Waals surface area contributed by atoms with Crippen LogP contribution in [0.3, 0.4) is 0 Å². The predicted molar refractivity (Wildman–Crippen MR) is 73.5 cm³/mol. The van der Waals surface area contributed by atoms with E-state index in [4.69, 9.17) is 0 Å². The highest BCUT2D eigenvalue weighted by Crippen LogP contribution is 2.23. The van der Waals surface area contributed by atoms with Crippen molar-refractivity contribution in [2.24, 2.45) is 22.7 Å². The first kappa shape index (κ1) is 14.8. The van der Waals surface area contributed by atoms with Gasteiger partial charge in [0.15, 0.2) is 0 Å². The van der Waals surface area contributed by atoms with Crippen LogP contribution in [0, 0.1) is 17.8 Å². The fraction of sp³-hybridized carbons (Fsp3) is 0.769. The van der Waals surface area contributed by atoms with Crippen LogP contribution in [-0.2, 0) is 0 Å². The van der Waals surface area contributed by atoms with Gasteiger partial charge in [-0.25, -0.2) is 0 Å². The topological polar surface area (TPSA) is 12.4 Å². The summed E-state index contributed by atoms with van der Waals surface area (Å²) in [4.78, 5) is 4.47. The summed E-state index contributed by atoms with van der Waals surface area (Å²) in [6, 6.07) is 0. The Morgan fingerprint density at radius 2 is 1.87 bits per heavy atom. The van der Waals surface area contributed by atoms with Gasteiger partial charge in [-0.2, -0.15) is 0 Å². The third-order valence-corrected chi connectivity index (χ3v) is 3.77. The van der Waals surface area contributed by atoms with Gasteiger partial charge in [0.2, 0.25) is 0 Å². The maximum Gasteiger partial charge on any atom is 0.0756 e. The molecular weight excluding hydrogens is 202 g/mol. The van der Waals surface area contributed by atoms with Crippen molar-refractivity contribution in [3.8, 4) is 0 Å². The number of hydrogen-bond donors (Lipinski definition) is 0. The molecule has 2 atom stereocenters. The molecule has 0 N–H and O–H groups in total. The minimum atomic E-state index is 0.577. The Morgan fingerprint density at radius 3 is 2.27 bits per heavy atom. The van der Waals surface area contributed by atoms with E-state index in [0.29, 0.717) is 5.92 Å². The number of nitrogens with zero attached hydrogens (tertiary/aromatic N) is 1. The van der Waals surface area contributed by atoms with E-state index in [9.17, 15) is 0 Å². The van der Waals surface area contributed by atoms with Gasteiger partial charge >= 0.3 is 0 Å². The van der Waals surface area contributed by atoms with Gasteiger partial charge in [0.05, 0.1) is 5.04 Å². The molecule has 0 radical (unpaired) electrons. The van der Waals surface area contributed by atoms with Gasteiger partial charge in [0.25, 0.3) is 0 Å². The Morgan fingerprint density at radius 1 is 1.27 bits per heavy atom. The van der Waals surface area contributed by atoms with Crippen LogP contribution in [0.15, 0.2) is 17.3 Å². The Labute approximate surface area is 99.4 Å². The number of thioether (sulfide) groups is 1. The molecule has 0 fully saturated rings. The van der Waals surface area contributed by atoms with Crippen LogP contribution < -0.4 is 0 Å². The van der Waals surface area contributed by atoms with Crippen LogP contribution in [0.1, 0.15) is 41.0 Å². The van der Waals surface area contributed by atoms with Crippen molar-refractivity contribution in [1.82, 2.24) is 0 Å². The smallest absolute Gasteiger partial charge is 0.0756 e. The second-order valence-electron chi connectivity index (χ2n) is 4.51. The summed E-state index contributed by atoms with van der Waals surface area (Å²) in [5, 5.41) is 1.25. The molecule has 2 unspecified atom stereocenters. The fourth-order valence-corrected chi connectivity index (χ4v) is 2.12. The van der Waals surface area contributed by atoms with Crippen molar-refractivity contribution >= 4 is 16.8 Å². The molecule has 0 bridgehead atoms. The van der Waals surface area contributed by atoms with Crippen LogP contribution in [0.5, 0.6) is 0 Å². The zero-order valence-corrected chi connectivity index (χ0v) is 11.8. The summed E-state index contributed by atoms with van der Waals surface area (Å²) >= 11 is 1.77. The maximum atomic E-state index is 4.47. The molecule has 0 spiro atoms. The lowest BCUT2D eigenvalue weighted by Gasteiger charge is -2.20. The molecule has 1 nitrogen and oxygen atoms in total. The number of allylic oxidation sites excluding steroid dienone is 1. The molecule has 0 aliphatic heterocycles. The predicted octanol–water partition coefficient (Wildman–Crippen LogP) is 4.60. The molecule has 0 aromatic rings. The normalized spacial score (nSPS) is 17.4. The van der Waals surface area contributed by atoms with Crippen molar-refractivity contribution < 1.29 is 0 Å². The monoisotopic (exact) mass is 227 g/mol. The van der Waals surface area contributed by atoms with E-state index in [-0.39, 0.29) is 0 Å². The van der Waals surface area contributed by atoms with E-state index >= 15 is 0 Å². The van der Waals surface area contributed by atoms with E-state index < -0.39 is 0 Å². The largest absolute Gasteiger partial charge is 0.255 e. The van der Waals surface area contributed by atoms with E-state index in [2.05, 4.69) is 38.9 Å². The Balaban J connectivity index is 4.33. The van der Waals surface area contributed by atoms with Gasteiger partial charge in [-0.05, 0) is 31.4 Å². The van der Waals surface area contributed by atoms with Gasteiger partial charge < -0.3 is 0 Å². The Bertz CT molecular complexity index is 219. The zero-order valence-electron chi connectivity index (χ0n) is 10.9. The van der Waals surface area contributed by atoms with Crippen LogP contribution in [-0.4, -0.2) is 11.3 Å². The highest BCUT2D eigenvalue weighted by molar-refractivity contribution is 8.13. The fourth-order valence-electron chi connectivity index (χ4n) is 1.46. The minimum Gasteiger partial charge on any atom is -0.255 e. The third-order valence-electron chi connectivity index (χ3n) is 2.84. The summed E-state index contributed by atoms with van der Waals surface area (Å²) in [5.74, 6) is 2.11. The first-order chi connectivity index (χ1) is 7.02. The quantitative estimate of drug-likeness (QED) is 0.494. The summed E-state index contributed by atoms with van der Waals surface area (Å²) < 4.78 is 0. The van der Waals surface area contributed by atoms with Crippen LogP contribution >= 0.6 is 11.8 Å². The molecule has 2 heteroatoms. The van der Waals surface area contributed by atoms with Gasteiger partial charge in [0.1, 0.15) is 0 Å². The van der Waals surface area contributed by atoms with Crippen molar-refractivity contribution in [2.45, 2.75) is 41.0 Å². The SMILES string of the molecule is C/C=C\N=C(SC)C(C)CC(C)C(C)C. The van der Waals surface area contributed by atoms with Crippen molar-refractivity contribution in [1.29, 1.82) is 0 Å². The summed E-state index contributed by atoms with van der Waals surface area (Å²) in [7, 11) is 0. The molecule has 0 saturated carbocycles. The average molecular weight is 227 g/mol. The lowest BCUT2D eigenvalue weighted by Crippen LogP contribution is -2.14. The second-order valence-corrected chi connectivity index (χ2v) is 5.34. The Hall–Kier alpha value is -0.240. The van der Waals surface area contributed by atoms with E-state index in [1.807, 2.05) is 19.2 Å². The van der Waals surface area contributed by atoms with E-state index in [1.54, 1.807) is 11.8 Å². The average Bonchev–Trinajstić information content (AvgIpc) is 2.18. The molecule has 0 heterocycles. The van der Waals surface area contributed by atoms with Crippen molar-refractivity contribution in [3.05, 3.63) is 12.3 Å². The van der Waals surface area contributed by atoms with Crippen LogP contribution in [0.4, 0.5) is 0 Å². The minimum absolute atomic E-state index is 0.577. The van der Waals surface area contributed by atoms with Crippen LogP contribution in [0.2, 0.25) is 0 Å². The van der Waals surface area contributed by atoms with Crippen molar-refractivity contribution in [2.75, 3.05) is 6.26 Å². The number of rotatable bonds is 5. The second kappa shape index (κ2) is 7.98. The van der Waals surface area contributed by atoms with Gasteiger partial charge in [-0.15, -0.1) is 11.8 Å². The van der Waals surface area contributed by atoms with E-state index in [1.165, 1.54) is 11.5 Å². The third kappa shape index (κ3) is 6.03. The lowest BCUT2D eigenvalue weighted by molar-refractivity contribution is 0.368. The molecule has 88 valence electrons. The standard InChI is InChI=1S/C13H25NS/c1-7-8-14-13(15-6)12(5)9-11(4)10(2)3/h7-8,10-12H,9H2,1-6H3/b8-7-,14-13?. The molecule has 0 rings (SSSR count). The summed E-state index contributed by atoms with van der Waals surface area (Å²) in [5.41, 5.74) is 0. The first-order valence-electron chi connectivity index (χ1n) is 5.75. The lowest BCUT2D eigenvalue weighted by atomic mass is 9.89. The molecule has 0 aromatic carbocycles. The number of hydrogen-bond acceptors (Lipinski definition) is 2. The van der Waals surface area contributed by atoms with Crippen molar-refractivity contribution in [3.63, 3.8) is 0 Å². The molecule has 0 amide bonds. The molecule has 0 saturated heterocycles. The summed E-state index contributed by atoms with van der Waals surface area (Å²) in [6.07, 6.45) is 7.21. The molecule has 0 aromatic heterocycles. The molecule has 0 aliphatic rings. The van der Waals surface area contributed by atoms with Gasteiger partial charge in [0, 0.05) is 12.1 Å². The highest BCUT2D eigenvalue weighted by Gasteiger charge is 2.15. The highest BCUT2D eigenvalue weighted by atomic mass is 32.2. The molecule has 0 aliphatic carbocycles. The maximum absolute atomic E-state index is 4.47. The van der Waals surface area contributed by atoms with Gasteiger partial charge in [-0.1, -0.05) is 33.8 Å². The molecule has 15 heavy (non-hydrogen) atoms.